The summed E-state index contributed by atoms with van der Waals surface area (Å²) in [5.74, 6) is -0.0303. The van der Waals surface area contributed by atoms with E-state index in [-0.39, 0.29) is 18.5 Å². The van der Waals surface area contributed by atoms with Crippen molar-refractivity contribution in [3.63, 3.8) is 0 Å². The van der Waals surface area contributed by atoms with Gasteiger partial charge in [-0.1, -0.05) is 327 Å². The molecular weight excluding hydrogens is 947 g/mol. The van der Waals surface area contributed by atoms with Crippen LogP contribution in [0.4, 0.5) is 0 Å². The number of carbonyl (C=O) groups excluding carboxylic acids is 2. The third-order valence-corrected chi connectivity index (χ3v) is 16.5. The molecule has 0 heterocycles. The number of ether oxygens (including phenoxy) is 1. The number of allylic oxidation sites excluding steroid dienone is 4. The molecule has 77 heavy (non-hydrogen) atoms. The molecule has 0 saturated carbocycles. The lowest BCUT2D eigenvalue weighted by atomic mass is 10.0. The van der Waals surface area contributed by atoms with Crippen molar-refractivity contribution < 1.29 is 24.5 Å². The van der Waals surface area contributed by atoms with Crippen LogP contribution in [-0.4, -0.2) is 47.4 Å². The molecule has 0 aromatic rings. The van der Waals surface area contributed by atoms with E-state index in [9.17, 15) is 19.8 Å². The molecule has 0 aromatic heterocycles. The predicted octanol–water partition coefficient (Wildman–Crippen LogP) is 22.5. The number of hydrogen-bond acceptors (Lipinski definition) is 5. The molecule has 0 bridgehead atoms. The first-order valence-corrected chi connectivity index (χ1v) is 35.1. The van der Waals surface area contributed by atoms with E-state index < -0.39 is 12.1 Å². The summed E-state index contributed by atoms with van der Waals surface area (Å²) in [6, 6.07) is -0.548. The monoisotopic (exact) mass is 1080 g/mol. The fraction of sp³-hybridized carbons (Fsp3) is 0.915. The Labute approximate surface area is 481 Å². The van der Waals surface area contributed by atoms with Crippen molar-refractivity contribution in [2.75, 3.05) is 13.2 Å². The second-order valence-electron chi connectivity index (χ2n) is 24.2. The number of unbranched alkanes of at least 4 members (excludes halogenated alkanes) is 51. The Balaban J connectivity index is 3.41. The van der Waals surface area contributed by atoms with Crippen molar-refractivity contribution >= 4 is 11.9 Å². The summed E-state index contributed by atoms with van der Waals surface area (Å²) < 4.78 is 5.50. The summed E-state index contributed by atoms with van der Waals surface area (Å²) in [7, 11) is 0. The first-order chi connectivity index (χ1) is 38.0. The number of nitrogens with one attached hydrogen (secondary N) is 1. The molecule has 0 aliphatic heterocycles. The number of esters is 1. The molecule has 0 aliphatic rings. The van der Waals surface area contributed by atoms with Gasteiger partial charge in [-0.25, -0.2) is 0 Å². The molecule has 456 valence electrons. The maximum atomic E-state index is 12.5. The van der Waals surface area contributed by atoms with E-state index in [1.165, 1.54) is 315 Å². The average Bonchev–Trinajstić information content (AvgIpc) is 3.43. The van der Waals surface area contributed by atoms with Crippen molar-refractivity contribution in [1.29, 1.82) is 0 Å². The zero-order valence-corrected chi connectivity index (χ0v) is 52.2. The van der Waals surface area contributed by atoms with Gasteiger partial charge in [-0.3, -0.25) is 9.59 Å². The quantitative estimate of drug-likeness (QED) is 0.0320. The molecule has 2 atom stereocenters. The SMILES string of the molecule is CCCCCCCC/C=C\CCCCCCCCCC(=O)OCCCCCCCCCCCCC/C=C\CCCCCCCCCC(=O)NC(CO)C(O)CCCCCCCCCCCCCCCCCCCCCCC. The van der Waals surface area contributed by atoms with Crippen LogP contribution < -0.4 is 5.32 Å². The van der Waals surface area contributed by atoms with Crippen molar-refractivity contribution in [3.05, 3.63) is 24.3 Å². The van der Waals surface area contributed by atoms with Crippen LogP contribution in [0.3, 0.4) is 0 Å². The zero-order valence-electron chi connectivity index (χ0n) is 52.2. The van der Waals surface area contributed by atoms with Gasteiger partial charge in [-0.05, 0) is 77.0 Å². The normalized spacial score (nSPS) is 12.6. The minimum Gasteiger partial charge on any atom is -0.466 e. The summed E-state index contributed by atoms with van der Waals surface area (Å²) in [6.07, 6.45) is 83.6. The van der Waals surface area contributed by atoms with E-state index in [1.54, 1.807) is 0 Å². The van der Waals surface area contributed by atoms with Crippen molar-refractivity contribution in [2.24, 2.45) is 0 Å². The van der Waals surface area contributed by atoms with Gasteiger partial charge in [-0.2, -0.15) is 0 Å². The van der Waals surface area contributed by atoms with Crippen LogP contribution in [-0.2, 0) is 14.3 Å². The van der Waals surface area contributed by atoms with Crippen molar-refractivity contribution in [1.82, 2.24) is 5.32 Å². The van der Waals surface area contributed by atoms with Gasteiger partial charge in [0, 0.05) is 12.8 Å². The molecule has 6 nitrogen and oxygen atoms in total. The minimum absolute atomic E-state index is 0.00760. The second-order valence-corrected chi connectivity index (χ2v) is 24.2. The van der Waals surface area contributed by atoms with Crippen molar-refractivity contribution in [2.45, 2.75) is 405 Å². The van der Waals surface area contributed by atoms with E-state index in [0.717, 1.165) is 44.9 Å². The fourth-order valence-corrected chi connectivity index (χ4v) is 11.1. The van der Waals surface area contributed by atoms with Crippen LogP contribution in [0.2, 0.25) is 0 Å². The summed E-state index contributed by atoms with van der Waals surface area (Å²) in [4.78, 5) is 24.6. The Bertz CT molecular complexity index is 1200. The zero-order chi connectivity index (χ0) is 55.7. The third kappa shape index (κ3) is 63.4. The fourth-order valence-electron chi connectivity index (χ4n) is 11.1. The largest absolute Gasteiger partial charge is 0.466 e. The molecule has 0 fully saturated rings. The molecule has 0 radical (unpaired) electrons. The molecule has 0 aromatic carbocycles. The van der Waals surface area contributed by atoms with E-state index >= 15 is 0 Å². The Hall–Kier alpha value is -1.66. The first kappa shape index (κ1) is 75.3. The number of aliphatic hydroxyl groups is 2. The van der Waals surface area contributed by atoms with E-state index in [1.807, 2.05) is 0 Å². The van der Waals surface area contributed by atoms with Gasteiger partial charge >= 0.3 is 5.97 Å². The smallest absolute Gasteiger partial charge is 0.305 e. The van der Waals surface area contributed by atoms with Gasteiger partial charge < -0.3 is 20.3 Å². The van der Waals surface area contributed by atoms with Gasteiger partial charge in [0.25, 0.3) is 0 Å². The Morgan fingerprint density at radius 3 is 0.922 bits per heavy atom. The number of aliphatic hydroxyl groups excluding tert-OH is 2. The molecule has 0 spiro atoms. The standard InChI is InChI=1S/C71H137NO5/c1-3-5-7-9-11-13-15-17-19-21-22-25-28-32-35-39-43-47-51-55-59-63-69(74)68(67-73)72-70(75)64-60-56-52-48-44-40-36-33-29-26-23-24-27-30-34-38-42-46-50-54-58-62-66-77-71(76)65-61-57-53-49-45-41-37-31-20-18-16-14-12-10-8-6-4-2/h18,20,26,29,68-69,73-74H,3-17,19,21-25,27-28,30-67H2,1-2H3,(H,72,75)/b20-18-,29-26-. The number of hydrogen-bond donors (Lipinski definition) is 3. The highest BCUT2D eigenvalue weighted by atomic mass is 16.5. The summed E-state index contributed by atoms with van der Waals surface area (Å²) in [6.45, 7) is 4.98. The van der Waals surface area contributed by atoms with Crippen LogP contribution in [0, 0.1) is 0 Å². The van der Waals surface area contributed by atoms with Crippen LogP contribution in [0.1, 0.15) is 393 Å². The summed E-state index contributed by atoms with van der Waals surface area (Å²) in [5.41, 5.74) is 0. The lowest BCUT2D eigenvalue weighted by molar-refractivity contribution is -0.143. The first-order valence-electron chi connectivity index (χ1n) is 35.1. The maximum Gasteiger partial charge on any atom is 0.305 e. The minimum atomic E-state index is -0.670. The highest BCUT2D eigenvalue weighted by molar-refractivity contribution is 5.76. The molecule has 3 N–H and O–H groups in total. The highest BCUT2D eigenvalue weighted by Crippen LogP contribution is 2.19. The third-order valence-electron chi connectivity index (χ3n) is 16.5. The van der Waals surface area contributed by atoms with Crippen molar-refractivity contribution in [3.8, 4) is 0 Å². The van der Waals surface area contributed by atoms with Gasteiger partial charge in [0.15, 0.2) is 0 Å². The van der Waals surface area contributed by atoms with E-state index in [0.29, 0.717) is 25.9 Å². The van der Waals surface area contributed by atoms with Gasteiger partial charge in [0.2, 0.25) is 5.91 Å². The Kier molecular flexibility index (Phi) is 65.4. The molecule has 0 saturated heterocycles. The molecule has 0 aliphatic carbocycles. The number of rotatable bonds is 66. The molecule has 1 amide bonds. The summed E-state index contributed by atoms with van der Waals surface area (Å²) >= 11 is 0. The lowest BCUT2D eigenvalue weighted by Gasteiger charge is -2.22. The predicted molar refractivity (Wildman–Crippen MR) is 338 cm³/mol. The van der Waals surface area contributed by atoms with E-state index in [2.05, 4.69) is 43.5 Å². The van der Waals surface area contributed by atoms with E-state index in [4.69, 9.17) is 4.74 Å². The van der Waals surface area contributed by atoms with Gasteiger partial charge in [0.1, 0.15) is 0 Å². The average molecular weight is 1080 g/mol. The lowest BCUT2D eigenvalue weighted by Crippen LogP contribution is -2.45. The molecule has 6 heteroatoms. The van der Waals surface area contributed by atoms with Gasteiger partial charge in [0.05, 0.1) is 25.4 Å². The number of amides is 1. The summed E-state index contributed by atoms with van der Waals surface area (Å²) in [5, 5.41) is 23.4. The van der Waals surface area contributed by atoms with Crippen LogP contribution >= 0.6 is 0 Å². The topological polar surface area (TPSA) is 95.9 Å². The van der Waals surface area contributed by atoms with Crippen LogP contribution in [0.25, 0.3) is 0 Å². The highest BCUT2D eigenvalue weighted by Gasteiger charge is 2.20. The number of carbonyl (C=O) groups is 2. The van der Waals surface area contributed by atoms with Gasteiger partial charge in [-0.15, -0.1) is 0 Å². The maximum absolute atomic E-state index is 12.5. The molecular formula is C71H137NO5. The van der Waals surface area contributed by atoms with Crippen LogP contribution in [0.5, 0.6) is 0 Å². The second kappa shape index (κ2) is 66.8. The molecule has 0 rings (SSSR count). The Morgan fingerprint density at radius 2 is 0.610 bits per heavy atom. The molecule has 2 unspecified atom stereocenters. The Morgan fingerprint density at radius 1 is 0.351 bits per heavy atom. The van der Waals surface area contributed by atoms with Crippen LogP contribution in [0.15, 0.2) is 24.3 Å².